The van der Waals surface area contributed by atoms with Crippen LogP contribution in [0.4, 0.5) is 4.79 Å². The first kappa shape index (κ1) is 16.5. The number of unbranched alkanes of at least 4 members (excludes halogenated alkanes) is 2. The van der Waals surface area contributed by atoms with Gasteiger partial charge in [0.25, 0.3) is 0 Å². The zero-order valence-electron chi connectivity index (χ0n) is 11.8. The first-order valence-corrected chi connectivity index (χ1v) is 7.80. The molecule has 20 heavy (non-hydrogen) atoms. The highest BCUT2D eigenvalue weighted by Gasteiger charge is 2.04. The number of carbonyl (C=O) groups is 2. The number of amides is 2. The molecule has 0 aromatic carbocycles. The van der Waals surface area contributed by atoms with Crippen molar-refractivity contribution in [2.75, 3.05) is 6.54 Å². The molecule has 1 heterocycles. The predicted octanol–water partition coefficient (Wildman–Crippen LogP) is 2.75. The fourth-order valence-corrected chi connectivity index (χ4v) is 2.76. The monoisotopic (exact) mass is 298 g/mol. The lowest BCUT2D eigenvalue weighted by atomic mass is 10.2. The molecule has 0 radical (unpaired) electrons. The summed E-state index contributed by atoms with van der Waals surface area (Å²) in [5, 5.41) is 16.1. The fraction of sp³-hybridized carbons (Fsp3) is 0.571. The first-order valence-electron chi connectivity index (χ1n) is 6.92. The molecule has 0 atom stereocenters. The van der Waals surface area contributed by atoms with E-state index >= 15 is 0 Å². The number of rotatable bonds is 9. The van der Waals surface area contributed by atoms with E-state index in [0.29, 0.717) is 19.5 Å². The van der Waals surface area contributed by atoms with E-state index in [2.05, 4.69) is 23.6 Å². The van der Waals surface area contributed by atoms with Crippen molar-refractivity contribution in [2.45, 2.75) is 45.6 Å². The van der Waals surface area contributed by atoms with Crippen LogP contribution < -0.4 is 10.6 Å². The minimum Gasteiger partial charge on any atom is -0.481 e. The van der Waals surface area contributed by atoms with Gasteiger partial charge in [-0.15, -0.1) is 11.3 Å². The molecule has 0 aliphatic heterocycles. The largest absolute Gasteiger partial charge is 0.481 e. The van der Waals surface area contributed by atoms with E-state index in [4.69, 9.17) is 5.11 Å². The van der Waals surface area contributed by atoms with Crippen LogP contribution in [0.15, 0.2) is 11.4 Å². The number of carboxylic acid groups (broad SMARTS) is 1. The number of carbonyl (C=O) groups excluding carboxylic acids is 1. The average molecular weight is 298 g/mol. The van der Waals surface area contributed by atoms with Crippen molar-refractivity contribution >= 4 is 23.3 Å². The predicted molar refractivity (Wildman–Crippen MR) is 80.0 cm³/mol. The molecule has 112 valence electrons. The molecule has 2 amide bonds. The Morgan fingerprint density at radius 2 is 2.05 bits per heavy atom. The molecule has 0 spiro atoms. The zero-order valence-corrected chi connectivity index (χ0v) is 12.6. The number of hydrogen-bond donors (Lipinski definition) is 3. The highest BCUT2D eigenvalue weighted by Crippen LogP contribution is 2.16. The molecule has 0 fully saturated rings. The van der Waals surface area contributed by atoms with E-state index in [1.807, 2.05) is 5.38 Å². The highest BCUT2D eigenvalue weighted by molar-refractivity contribution is 7.10. The van der Waals surface area contributed by atoms with Crippen LogP contribution >= 0.6 is 11.3 Å². The molecule has 1 rings (SSSR count). The Labute approximate surface area is 123 Å². The summed E-state index contributed by atoms with van der Waals surface area (Å²) < 4.78 is 0. The molecule has 0 saturated carbocycles. The summed E-state index contributed by atoms with van der Waals surface area (Å²) in [6.45, 7) is 3.24. The second-order valence-electron chi connectivity index (χ2n) is 4.54. The van der Waals surface area contributed by atoms with Crippen molar-refractivity contribution in [3.8, 4) is 0 Å². The molecule has 5 nitrogen and oxygen atoms in total. The lowest BCUT2D eigenvalue weighted by Gasteiger charge is -2.07. The van der Waals surface area contributed by atoms with Gasteiger partial charge in [-0.25, -0.2) is 4.79 Å². The highest BCUT2D eigenvalue weighted by atomic mass is 32.1. The van der Waals surface area contributed by atoms with Gasteiger partial charge < -0.3 is 15.7 Å². The Kier molecular flexibility index (Phi) is 7.72. The van der Waals surface area contributed by atoms with Crippen molar-refractivity contribution in [3.05, 3.63) is 21.9 Å². The Bertz CT molecular complexity index is 432. The van der Waals surface area contributed by atoms with Crippen LogP contribution in [0, 0.1) is 0 Å². The minimum absolute atomic E-state index is 0.168. The summed E-state index contributed by atoms with van der Waals surface area (Å²) in [5.41, 5.74) is 1.28. The molecule has 1 aromatic heterocycles. The van der Waals surface area contributed by atoms with Gasteiger partial charge >= 0.3 is 12.0 Å². The molecular weight excluding hydrogens is 276 g/mol. The molecule has 0 aliphatic rings. The van der Waals surface area contributed by atoms with Crippen LogP contribution in [0.5, 0.6) is 0 Å². The van der Waals surface area contributed by atoms with E-state index in [0.717, 1.165) is 19.3 Å². The van der Waals surface area contributed by atoms with E-state index in [-0.39, 0.29) is 12.5 Å². The van der Waals surface area contributed by atoms with Gasteiger partial charge in [-0.3, -0.25) is 4.79 Å². The Balaban J connectivity index is 2.07. The van der Waals surface area contributed by atoms with Crippen molar-refractivity contribution in [3.63, 3.8) is 0 Å². The Morgan fingerprint density at radius 1 is 1.25 bits per heavy atom. The average Bonchev–Trinajstić information content (AvgIpc) is 2.87. The SMILES string of the molecule is CCc1ccsc1CNC(=O)NCCCCCC(=O)O. The summed E-state index contributed by atoms with van der Waals surface area (Å²) in [6.07, 6.45) is 3.46. The molecule has 3 N–H and O–H groups in total. The van der Waals surface area contributed by atoms with E-state index < -0.39 is 5.97 Å². The molecule has 1 aromatic rings. The molecule has 0 saturated heterocycles. The molecular formula is C14H22N2O3S. The topological polar surface area (TPSA) is 78.4 Å². The van der Waals surface area contributed by atoms with E-state index in [1.54, 1.807) is 11.3 Å². The van der Waals surface area contributed by atoms with Crippen LogP contribution in [-0.2, 0) is 17.8 Å². The van der Waals surface area contributed by atoms with Gasteiger partial charge in [0, 0.05) is 17.8 Å². The number of urea groups is 1. The summed E-state index contributed by atoms with van der Waals surface area (Å²) in [6, 6.07) is 1.92. The van der Waals surface area contributed by atoms with E-state index in [9.17, 15) is 9.59 Å². The third-order valence-corrected chi connectivity index (χ3v) is 3.94. The second-order valence-corrected chi connectivity index (χ2v) is 5.54. The molecule has 0 unspecified atom stereocenters. The normalized spacial score (nSPS) is 10.2. The van der Waals surface area contributed by atoms with Crippen LogP contribution in [0.3, 0.4) is 0 Å². The molecule has 6 heteroatoms. The van der Waals surface area contributed by atoms with Crippen LogP contribution in [0.25, 0.3) is 0 Å². The van der Waals surface area contributed by atoms with Gasteiger partial charge in [-0.05, 0) is 36.3 Å². The number of thiophene rings is 1. The lowest BCUT2D eigenvalue weighted by molar-refractivity contribution is -0.137. The summed E-state index contributed by atoms with van der Waals surface area (Å²) in [7, 11) is 0. The van der Waals surface area contributed by atoms with Gasteiger partial charge in [-0.2, -0.15) is 0 Å². The Hall–Kier alpha value is -1.56. The first-order chi connectivity index (χ1) is 9.63. The maximum absolute atomic E-state index is 11.6. The van der Waals surface area contributed by atoms with Gasteiger partial charge in [0.1, 0.15) is 0 Å². The van der Waals surface area contributed by atoms with Gasteiger partial charge in [0.05, 0.1) is 6.54 Å². The van der Waals surface area contributed by atoms with Gasteiger partial charge in [0.15, 0.2) is 0 Å². The van der Waals surface area contributed by atoms with Crippen LogP contribution in [0.1, 0.15) is 43.0 Å². The summed E-state index contributed by atoms with van der Waals surface area (Å²) >= 11 is 1.66. The number of aryl methyl sites for hydroxylation is 1. The van der Waals surface area contributed by atoms with E-state index in [1.165, 1.54) is 10.4 Å². The number of hydrogen-bond acceptors (Lipinski definition) is 3. The second kappa shape index (κ2) is 9.36. The Morgan fingerprint density at radius 3 is 2.75 bits per heavy atom. The molecule has 0 aliphatic carbocycles. The van der Waals surface area contributed by atoms with Crippen molar-refractivity contribution < 1.29 is 14.7 Å². The smallest absolute Gasteiger partial charge is 0.315 e. The standard InChI is InChI=1S/C14H22N2O3S/c1-2-11-7-9-20-12(11)10-16-14(19)15-8-5-3-4-6-13(17)18/h7,9H,2-6,8,10H2,1H3,(H,17,18)(H2,15,16,19). The maximum Gasteiger partial charge on any atom is 0.315 e. The summed E-state index contributed by atoms with van der Waals surface area (Å²) in [5.74, 6) is -0.765. The van der Waals surface area contributed by atoms with Crippen molar-refractivity contribution in [1.29, 1.82) is 0 Å². The lowest BCUT2D eigenvalue weighted by Crippen LogP contribution is -2.35. The number of nitrogens with one attached hydrogen (secondary N) is 2. The van der Waals surface area contributed by atoms with Crippen LogP contribution in [-0.4, -0.2) is 23.7 Å². The molecule has 0 bridgehead atoms. The van der Waals surface area contributed by atoms with Gasteiger partial charge in [-0.1, -0.05) is 13.3 Å². The minimum atomic E-state index is -0.765. The third-order valence-electron chi connectivity index (χ3n) is 2.98. The van der Waals surface area contributed by atoms with Crippen molar-refractivity contribution in [2.24, 2.45) is 0 Å². The third kappa shape index (κ3) is 6.56. The number of carboxylic acids is 1. The summed E-state index contributed by atoms with van der Waals surface area (Å²) in [4.78, 5) is 23.1. The maximum atomic E-state index is 11.6. The van der Waals surface area contributed by atoms with Gasteiger partial charge in [0.2, 0.25) is 0 Å². The fourth-order valence-electron chi connectivity index (χ4n) is 1.84. The van der Waals surface area contributed by atoms with Crippen LogP contribution in [0.2, 0.25) is 0 Å². The quantitative estimate of drug-likeness (QED) is 0.613. The number of aliphatic carboxylic acids is 1. The zero-order chi connectivity index (χ0) is 14.8. The van der Waals surface area contributed by atoms with Crippen molar-refractivity contribution in [1.82, 2.24) is 10.6 Å².